The summed E-state index contributed by atoms with van der Waals surface area (Å²) in [5, 5.41) is 9.88. The monoisotopic (exact) mass is 402 g/mol. The molecule has 0 aromatic heterocycles. The molecule has 1 aromatic rings. The molecule has 3 rings (SSSR count). The molecule has 4 nitrogen and oxygen atoms in total. The van der Waals surface area contributed by atoms with Gasteiger partial charge >= 0.3 is 5.97 Å². The fourth-order valence-corrected chi connectivity index (χ4v) is 4.66. The van der Waals surface area contributed by atoms with Crippen LogP contribution in [0.15, 0.2) is 35.9 Å². The SMILES string of the molecule is COC1(C)CC(c2ccc(F)c(C)c2)=C(/C=C/[C@@H]2C[C@@H](O)CC(=O)O2)C(C)(C)C1. The summed E-state index contributed by atoms with van der Waals surface area (Å²) in [5.41, 5.74) is 3.27. The second-order valence-electron chi connectivity index (χ2n) is 9.23. The number of aryl methyl sites for hydroxylation is 1. The smallest absolute Gasteiger partial charge is 0.309 e. The lowest BCUT2D eigenvalue weighted by Gasteiger charge is -2.44. The van der Waals surface area contributed by atoms with Crippen LogP contribution >= 0.6 is 0 Å². The summed E-state index contributed by atoms with van der Waals surface area (Å²) in [6.45, 7) is 8.20. The van der Waals surface area contributed by atoms with Gasteiger partial charge in [-0.15, -0.1) is 0 Å². The van der Waals surface area contributed by atoms with E-state index in [2.05, 4.69) is 20.8 Å². The first-order valence-electron chi connectivity index (χ1n) is 10.1. The molecule has 29 heavy (non-hydrogen) atoms. The Labute approximate surface area is 172 Å². The van der Waals surface area contributed by atoms with Crippen molar-refractivity contribution in [2.24, 2.45) is 5.41 Å². The van der Waals surface area contributed by atoms with Crippen molar-refractivity contribution < 1.29 is 23.8 Å². The molecule has 1 fully saturated rings. The Kier molecular flexibility index (Phi) is 6.02. The maximum atomic E-state index is 13.9. The first-order valence-corrected chi connectivity index (χ1v) is 10.1. The minimum absolute atomic E-state index is 0.0465. The summed E-state index contributed by atoms with van der Waals surface area (Å²) in [4.78, 5) is 11.7. The van der Waals surface area contributed by atoms with E-state index < -0.39 is 12.2 Å². The van der Waals surface area contributed by atoms with Gasteiger partial charge < -0.3 is 14.6 Å². The van der Waals surface area contributed by atoms with Gasteiger partial charge in [0.05, 0.1) is 18.1 Å². The average molecular weight is 403 g/mol. The van der Waals surface area contributed by atoms with Crippen LogP contribution in [0.4, 0.5) is 4.39 Å². The number of hydrogen-bond donors (Lipinski definition) is 1. The number of carbonyl (C=O) groups is 1. The fourth-order valence-electron chi connectivity index (χ4n) is 4.66. The summed E-state index contributed by atoms with van der Waals surface area (Å²) < 4.78 is 25.1. The number of esters is 1. The number of benzene rings is 1. The van der Waals surface area contributed by atoms with Crippen LogP contribution in [-0.4, -0.2) is 36.0 Å². The Balaban J connectivity index is 2.06. The zero-order chi connectivity index (χ0) is 21.4. The maximum Gasteiger partial charge on any atom is 0.309 e. The molecule has 158 valence electrons. The van der Waals surface area contributed by atoms with Crippen LogP contribution in [0, 0.1) is 18.2 Å². The standard InChI is InChI=1S/C24H31FO4/c1-15-10-16(6-9-21(15)25)19-13-24(4,28-5)14-23(2,3)20(19)8-7-18-11-17(26)12-22(27)29-18/h6-10,17-18,26H,11-14H2,1-5H3/b8-7+/t17-,18-,24?/m1/s1. The normalized spacial score (nSPS) is 30.0. The first-order chi connectivity index (χ1) is 13.5. The molecule has 1 aliphatic heterocycles. The van der Waals surface area contributed by atoms with Crippen LogP contribution in [0.25, 0.3) is 5.57 Å². The van der Waals surface area contributed by atoms with Gasteiger partial charge in [-0.25, -0.2) is 4.39 Å². The van der Waals surface area contributed by atoms with Gasteiger partial charge in [0, 0.05) is 20.0 Å². The van der Waals surface area contributed by atoms with Gasteiger partial charge in [0.2, 0.25) is 0 Å². The highest BCUT2D eigenvalue weighted by molar-refractivity contribution is 5.75. The van der Waals surface area contributed by atoms with E-state index in [1.165, 1.54) is 6.07 Å². The molecule has 0 saturated carbocycles. The lowest BCUT2D eigenvalue weighted by molar-refractivity contribution is -0.156. The summed E-state index contributed by atoms with van der Waals surface area (Å²) in [5.74, 6) is -0.601. The van der Waals surface area contributed by atoms with E-state index in [1.54, 1.807) is 14.0 Å². The second-order valence-corrected chi connectivity index (χ2v) is 9.23. The number of carbonyl (C=O) groups excluding carboxylic acids is 1. The van der Waals surface area contributed by atoms with E-state index in [0.29, 0.717) is 18.4 Å². The molecule has 1 aliphatic carbocycles. The summed E-state index contributed by atoms with van der Waals surface area (Å²) in [6.07, 6.45) is 4.73. The third-order valence-electron chi connectivity index (χ3n) is 6.09. The van der Waals surface area contributed by atoms with Crippen molar-refractivity contribution in [2.75, 3.05) is 7.11 Å². The number of allylic oxidation sites excluding steroid dienone is 2. The molecular formula is C24H31FO4. The maximum absolute atomic E-state index is 13.9. The first kappa shape index (κ1) is 21.7. The van der Waals surface area contributed by atoms with Crippen LogP contribution in [-0.2, 0) is 14.3 Å². The summed E-state index contributed by atoms with van der Waals surface area (Å²) in [6, 6.07) is 5.19. The molecule has 1 aromatic carbocycles. The van der Waals surface area contributed by atoms with Gasteiger partial charge in [0.25, 0.3) is 0 Å². The number of aliphatic hydroxyl groups is 1. The lowest BCUT2D eigenvalue weighted by Crippen LogP contribution is -2.39. The molecule has 1 unspecified atom stereocenters. The van der Waals surface area contributed by atoms with Crippen LogP contribution in [0.1, 0.15) is 57.6 Å². The Bertz CT molecular complexity index is 854. The van der Waals surface area contributed by atoms with Gasteiger partial charge in [-0.3, -0.25) is 4.79 Å². The predicted octanol–water partition coefficient (Wildman–Crippen LogP) is 4.74. The van der Waals surface area contributed by atoms with Crippen molar-refractivity contribution in [1.29, 1.82) is 0 Å². The van der Waals surface area contributed by atoms with Crippen LogP contribution in [0.2, 0.25) is 0 Å². The minimum atomic E-state index is -0.671. The number of rotatable bonds is 4. The highest BCUT2D eigenvalue weighted by Crippen LogP contribution is 2.50. The van der Waals surface area contributed by atoms with E-state index in [1.807, 2.05) is 24.3 Å². The van der Waals surface area contributed by atoms with E-state index in [0.717, 1.165) is 23.1 Å². The van der Waals surface area contributed by atoms with Crippen molar-refractivity contribution in [2.45, 2.75) is 71.2 Å². The van der Waals surface area contributed by atoms with Crippen molar-refractivity contribution in [3.8, 4) is 0 Å². The topological polar surface area (TPSA) is 55.8 Å². The Morgan fingerprint density at radius 1 is 1.31 bits per heavy atom. The minimum Gasteiger partial charge on any atom is -0.458 e. The number of hydrogen-bond acceptors (Lipinski definition) is 4. The van der Waals surface area contributed by atoms with Crippen molar-refractivity contribution in [3.05, 3.63) is 52.9 Å². The fraction of sp³-hybridized carbons (Fsp3) is 0.542. The molecule has 0 spiro atoms. The average Bonchev–Trinajstić information content (AvgIpc) is 2.61. The largest absolute Gasteiger partial charge is 0.458 e. The van der Waals surface area contributed by atoms with Gasteiger partial charge in [-0.2, -0.15) is 0 Å². The van der Waals surface area contributed by atoms with Crippen LogP contribution in [0.3, 0.4) is 0 Å². The molecular weight excluding hydrogens is 371 g/mol. The highest BCUT2D eigenvalue weighted by Gasteiger charge is 2.41. The molecule has 3 atom stereocenters. The zero-order valence-corrected chi connectivity index (χ0v) is 17.9. The zero-order valence-electron chi connectivity index (χ0n) is 17.9. The predicted molar refractivity (Wildman–Crippen MR) is 111 cm³/mol. The number of cyclic esters (lactones) is 1. The quantitative estimate of drug-likeness (QED) is 0.740. The Hall–Kier alpha value is -1.98. The van der Waals surface area contributed by atoms with E-state index in [-0.39, 0.29) is 29.2 Å². The Morgan fingerprint density at radius 2 is 2.03 bits per heavy atom. The van der Waals surface area contributed by atoms with Gasteiger partial charge in [-0.1, -0.05) is 26.0 Å². The van der Waals surface area contributed by atoms with E-state index >= 15 is 0 Å². The Morgan fingerprint density at radius 3 is 2.66 bits per heavy atom. The van der Waals surface area contributed by atoms with Crippen molar-refractivity contribution >= 4 is 11.5 Å². The number of aliphatic hydroxyl groups excluding tert-OH is 1. The molecule has 1 N–H and O–H groups in total. The van der Waals surface area contributed by atoms with Gasteiger partial charge in [0.15, 0.2) is 0 Å². The molecule has 0 radical (unpaired) electrons. The van der Waals surface area contributed by atoms with Crippen molar-refractivity contribution in [1.82, 2.24) is 0 Å². The van der Waals surface area contributed by atoms with Crippen molar-refractivity contribution in [3.63, 3.8) is 0 Å². The third-order valence-corrected chi connectivity index (χ3v) is 6.09. The highest BCUT2D eigenvalue weighted by atomic mass is 19.1. The molecule has 0 bridgehead atoms. The molecule has 5 heteroatoms. The lowest BCUT2D eigenvalue weighted by atomic mass is 9.65. The number of ether oxygens (including phenoxy) is 2. The van der Waals surface area contributed by atoms with Crippen LogP contribution in [0.5, 0.6) is 0 Å². The van der Waals surface area contributed by atoms with Gasteiger partial charge in [-0.05, 0) is 66.2 Å². The third kappa shape index (κ3) is 4.78. The van der Waals surface area contributed by atoms with E-state index in [4.69, 9.17) is 9.47 Å². The second kappa shape index (κ2) is 8.04. The molecule has 0 amide bonds. The van der Waals surface area contributed by atoms with E-state index in [9.17, 15) is 14.3 Å². The van der Waals surface area contributed by atoms with Crippen LogP contribution < -0.4 is 0 Å². The molecule has 2 aliphatic rings. The summed E-state index contributed by atoms with van der Waals surface area (Å²) >= 11 is 0. The van der Waals surface area contributed by atoms with Gasteiger partial charge in [0.1, 0.15) is 11.9 Å². The summed E-state index contributed by atoms with van der Waals surface area (Å²) in [7, 11) is 1.73. The molecule has 1 saturated heterocycles. The number of methoxy groups -OCH3 is 1. The molecule has 1 heterocycles. The number of halogens is 1.